The summed E-state index contributed by atoms with van der Waals surface area (Å²) in [6, 6.07) is 19.7. The van der Waals surface area contributed by atoms with Crippen LogP contribution in [0.15, 0.2) is 54.6 Å². The number of benzene rings is 2. The fourth-order valence-corrected chi connectivity index (χ4v) is 2.54. The summed E-state index contributed by atoms with van der Waals surface area (Å²) in [4.78, 5) is 0. The Morgan fingerprint density at radius 2 is 1.67 bits per heavy atom. The van der Waals surface area contributed by atoms with Crippen molar-refractivity contribution < 1.29 is 0 Å². The summed E-state index contributed by atoms with van der Waals surface area (Å²) in [5, 5.41) is 0. The van der Waals surface area contributed by atoms with Gasteiger partial charge in [-0.1, -0.05) is 74.0 Å². The van der Waals surface area contributed by atoms with Gasteiger partial charge in [-0.15, -0.1) is 0 Å². The first-order chi connectivity index (χ1) is 8.64. The van der Waals surface area contributed by atoms with Crippen LogP contribution in [0.4, 0.5) is 0 Å². The summed E-state index contributed by atoms with van der Waals surface area (Å²) in [5.41, 5.74) is 4.45. The Kier molecular flexibility index (Phi) is 3.86. The lowest BCUT2D eigenvalue weighted by Crippen LogP contribution is -2.23. The molecule has 18 heavy (non-hydrogen) atoms. The average Bonchev–Trinajstić information content (AvgIpc) is 2.39. The van der Waals surface area contributed by atoms with Crippen LogP contribution in [-0.2, 0) is 11.8 Å². The Morgan fingerprint density at radius 1 is 0.944 bits per heavy atom. The summed E-state index contributed by atoms with van der Waals surface area (Å²) < 4.78 is 0. The maximum Gasteiger partial charge on any atom is -0.00375 e. The van der Waals surface area contributed by atoms with Gasteiger partial charge in [0.2, 0.25) is 0 Å². The molecule has 0 aromatic heterocycles. The molecule has 0 radical (unpaired) electrons. The summed E-state index contributed by atoms with van der Waals surface area (Å²) in [6.45, 7) is 6.81. The summed E-state index contributed by atoms with van der Waals surface area (Å²) in [7, 11) is 0. The third-order valence-electron chi connectivity index (χ3n) is 3.93. The Balaban J connectivity index is 2.29. The van der Waals surface area contributed by atoms with E-state index in [0.717, 1.165) is 12.8 Å². The quantitative estimate of drug-likeness (QED) is 0.710. The molecule has 1 atom stereocenters. The molecule has 0 saturated heterocycles. The monoisotopic (exact) mass is 238 g/mol. The van der Waals surface area contributed by atoms with Gasteiger partial charge in [-0.05, 0) is 36.3 Å². The lowest BCUT2D eigenvalue weighted by Gasteiger charge is -2.29. The van der Waals surface area contributed by atoms with Crippen molar-refractivity contribution in [2.45, 2.75) is 39.0 Å². The molecule has 0 amide bonds. The molecule has 0 saturated carbocycles. The van der Waals surface area contributed by atoms with Gasteiger partial charge in [-0.3, -0.25) is 0 Å². The molecule has 2 aromatic rings. The molecule has 0 aliphatic carbocycles. The minimum atomic E-state index is 0.231. The highest BCUT2D eigenvalue weighted by Gasteiger charge is 2.24. The van der Waals surface area contributed by atoms with E-state index in [2.05, 4.69) is 75.4 Å². The average molecular weight is 238 g/mol. The first kappa shape index (κ1) is 12.9. The van der Waals surface area contributed by atoms with Gasteiger partial charge < -0.3 is 0 Å². The topological polar surface area (TPSA) is 0 Å². The van der Waals surface area contributed by atoms with Crippen molar-refractivity contribution in [2.24, 2.45) is 0 Å². The second-order valence-electron chi connectivity index (χ2n) is 5.45. The second-order valence-corrected chi connectivity index (χ2v) is 5.45. The predicted molar refractivity (Wildman–Crippen MR) is 79.0 cm³/mol. The number of hydrogen-bond acceptors (Lipinski definition) is 0. The minimum Gasteiger partial charge on any atom is -0.0645 e. The van der Waals surface area contributed by atoms with Crippen molar-refractivity contribution in [1.82, 2.24) is 0 Å². The van der Waals surface area contributed by atoms with Crippen molar-refractivity contribution in [2.75, 3.05) is 0 Å². The van der Waals surface area contributed by atoms with E-state index in [-0.39, 0.29) is 5.41 Å². The second kappa shape index (κ2) is 5.39. The minimum absolute atomic E-state index is 0.231. The predicted octanol–water partition coefficient (Wildman–Crippen LogP) is 4.91. The van der Waals surface area contributed by atoms with Crippen LogP contribution in [0.5, 0.6) is 0 Å². The normalized spacial score (nSPS) is 14.2. The molecule has 0 fully saturated rings. The Labute approximate surface area is 111 Å². The number of hydrogen-bond donors (Lipinski definition) is 0. The maximum atomic E-state index is 2.37. The van der Waals surface area contributed by atoms with Crippen LogP contribution >= 0.6 is 0 Å². The van der Waals surface area contributed by atoms with Crippen LogP contribution in [0.25, 0.3) is 0 Å². The number of rotatable bonds is 4. The van der Waals surface area contributed by atoms with E-state index in [0.29, 0.717) is 0 Å². The zero-order chi connectivity index (χ0) is 13.0. The molecule has 0 spiro atoms. The molecular formula is C18H22. The van der Waals surface area contributed by atoms with Crippen molar-refractivity contribution in [3.8, 4) is 0 Å². The molecule has 0 heterocycles. The Hall–Kier alpha value is -1.56. The number of aryl methyl sites for hydroxylation is 1. The zero-order valence-electron chi connectivity index (χ0n) is 11.6. The molecule has 2 rings (SSSR count). The lowest BCUT2D eigenvalue weighted by molar-refractivity contribution is 0.452. The van der Waals surface area contributed by atoms with Crippen LogP contribution in [-0.4, -0.2) is 0 Å². The van der Waals surface area contributed by atoms with Gasteiger partial charge in [0.05, 0.1) is 0 Å². The molecule has 0 heteroatoms. The standard InChI is InChI=1S/C18H22/c1-4-18(3,17-11-6-5-7-12-17)14-16-10-8-9-15(2)13-16/h5-13H,4,14H2,1-3H3. The molecule has 94 valence electrons. The van der Waals surface area contributed by atoms with Crippen LogP contribution in [0.1, 0.15) is 37.0 Å². The Morgan fingerprint density at radius 3 is 2.28 bits per heavy atom. The molecule has 1 unspecified atom stereocenters. The third kappa shape index (κ3) is 2.81. The van der Waals surface area contributed by atoms with Crippen molar-refractivity contribution in [1.29, 1.82) is 0 Å². The lowest BCUT2D eigenvalue weighted by atomic mass is 9.75. The first-order valence-corrected chi connectivity index (χ1v) is 6.75. The van der Waals surface area contributed by atoms with Gasteiger partial charge in [0, 0.05) is 0 Å². The van der Waals surface area contributed by atoms with Crippen molar-refractivity contribution in [3.05, 3.63) is 71.3 Å². The fourth-order valence-electron chi connectivity index (χ4n) is 2.54. The van der Waals surface area contributed by atoms with Gasteiger partial charge in [0.15, 0.2) is 0 Å². The molecule has 0 aliphatic heterocycles. The highest BCUT2D eigenvalue weighted by Crippen LogP contribution is 2.31. The molecule has 0 aliphatic rings. The van der Waals surface area contributed by atoms with Gasteiger partial charge >= 0.3 is 0 Å². The molecule has 0 bridgehead atoms. The van der Waals surface area contributed by atoms with E-state index in [1.54, 1.807) is 0 Å². The maximum absolute atomic E-state index is 2.37. The van der Waals surface area contributed by atoms with E-state index in [1.807, 2.05) is 0 Å². The van der Waals surface area contributed by atoms with Gasteiger partial charge in [0.1, 0.15) is 0 Å². The van der Waals surface area contributed by atoms with Crippen LogP contribution in [0.2, 0.25) is 0 Å². The smallest absolute Gasteiger partial charge is 0.00375 e. The summed E-state index contributed by atoms with van der Waals surface area (Å²) >= 11 is 0. The van der Waals surface area contributed by atoms with Gasteiger partial charge in [-0.25, -0.2) is 0 Å². The highest BCUT2D eigenvalue weighted by atomic mass is 14.3. The van der Waals surface area contributed by atoms with Crippen LogP contribution in [0.3, 0.4) is 0 Å². The van der Waals surface area contributed by atoms with Crippen molar-refractivity contribution in [3.63, 3.8) is 0 Å². The van der Waals surface area contributed by atoms with Crippen LogP contribution < -0.4 is 0 Å². The van der Waals surface area contributed by atoms with Gasteiger partial charge in [0.25, 0.3) is 0 Å². The SMILES string of the molecule is CCC(C)(Cc1cccc(C)c1)c1ccccc1. The van der Waals surface area contributed by atoms with E-state index in [4.69, 9.17) is 0 Å². The molecule has 0 N–H and O–H groups in total. The molecular weight excluding hydrogens is 216 g/mol. The first-order valence-electron chi connectivity index (χ1n) is 6.75. The Bertz CT molecular complexity index is 498. The molecule has 2 aromatic carbocycles. The summed E-state index contributed by atoms with van der Waals surface area (Å²) in [5.74, 6) is 0. The fraction of sp³-hybridized carbons (Fsp3) is 0.333. The third-order valence-corrected chi connectivity index (χ3v) is 3.93. The van der Waals surface area contributed by atoms with Crippen molar-refractivity contribution >= 4 is 0 Å². The van der Waals surface area contributed by atoms with E-state index < -0.39 is 0 Å². The highest BCUT2D eigenvalue weighted by molar-refractivity contribution is 5.30. The van der Waals surface area contributed by atoms with E-state index in [9.17, 15) is 0 Å². The largest absolute Gasteiger partial charge is 0.0645 e. The summed E-state index contributed by atoms with van der Waals surface area (Å²) in [6.07, 6.45) is 2.26. The zero-order valence-corrected chi connectivity index (χ0v) is 11.6. The molecule has 0 nitrogen and oxygen atoms in total. The van der Waals surface area contributed by atoms with E-state index >= 15 is 0 Å². The van der Waals surface area contributed by atoms with Crippen LogP contribution in [0, 0.1) is 6.92 Å². The van der Waals surface area contributed by atoms with Gasteiger partial charge in [-0.2, -0.15) is 0 Å². The van der Waals surface area contributed by atoms with E-state index in [1.165, 1.54) is 16.7 Å².